The smallest absolute Gasteiger partial charge is 0.306 e. The second kappa shape index (κ2) is 41.1. The standard InChI is InChI=1S/C48H94NO8P/c1-6-8-10-12-14-16-18-20-22-23-24-25-27-28-30-32-34-36-38-40-47(50)54-44-46(45-56-58(52,53)55-43-42-49(3,4)5)57-48(51)41-39-37-35-33-31-29-26-21-19-17-15-13-11-9-7-2/h31,33,46H,6-30,32,34-45H2,1-5H3/b33-31-/t46-/m1/s1. The molecule has 0 fully saturated rings. The van der Waals surface area contributed by atoms with Gasteiger partial charge in [0.1, 0.15) is 19.8 Å². The third-order valence-corrected chi connectivity index (χ3v) is 11.7. The quantitative estimate of drug-likeness (QED) is 0.0196. The van der Waals surface area contributed by atoms with E-state index in [1.807, 2.05) is 21.1 Å². The van der Waals surface area contributed by atoms with Crippen molar-refractivity contribution in [2.75, 3.05) is 47.5 Å². The lowest BCUT2D eigenvalue weighted by Crippen LogP contribution is -2.37. The van der Waals surface area contributed by atoms with Crippen LogP contribution >= 0.6 is 7.82 Å². The Morgan fingerprint density at radius 2 is 0.879 bits per heavy atom. The van der Waals surface area contributed by atoms with Gasteiger partial charge in [0, 0.05) is 12.8 Å². The Labute approximate surface area is 358 Å². The first kappa shape index (κ1) is 56.8. The zero-order valence-electron chi connectivity index (χ0n) is 38.8. The molecule has 0 heterocycles. The molecule has 0 saturated carbocycles. The fraction of sp³-hybridized carbons (Fsp3) is 0.917. The summed E-state index contributed by atoms with van der Waals surface area (Å²) in [7, 11) is 1.17. The molecule has 1 unspecified atom stereocenters. The van der Waals surface area contributed by atoms with Gasteiger partial charge in [-0.05, 0) is 38.5 Å². The first-order chi connectivity index (χ1) is 28.0. The van der Waals surface area contributed by atoms with Crippen molar-refractivity contribution in [3.05, 3.63) is 12.2 Å². The van der Waals surface area contributed by atoms with E-state index < -0.39 is 26.5 Å². The number of phosphoric acid groups is 1. The van der Waals surface area contributed by atoms with E-state index in [9.17, 15) is 19.0 Å². The highest BCUT2D eigenvalue weighted by Crippen LogP contribution is 2.38. The summed E-state index contributed by atoms with van der Waals surface area (Å²) < 4.78 is 34.0. The first-order valence-electron chi connectivity index (χ1n) is 24.4. The van der Waals surface area contributed by atoms with Crippen LogP contribution in [0.5, 0.6) is 0 Å². The van der Waals surface area contributed by atoms with Crippen molar-refractivity contribution < 1.29 is 42.1 Å². The molecule has 0 bridgehead atoms. The van der Waals surface area contributed by atoms with E-state index in [0.717, 1.165) is 38.5 Å². The Bertz CT molecular complexity index is 1000. The predicted octanol–water partition coefficient (Wildman–Crippen LogP) is 13.5. The van der Waals surface area contributed by atoms with Gasteiger partial charge in [0.2, 0.25) is 0 Å². The summed E-state index contributed by atoms with van der Waals surface area (Å²) in [4.78, 5) is 37.6. The Morgan fingerprint density at radius 3 is 1.31 bits per heavy atom. The minimum atomic E-state index is -4.63. The van der Waals surface area contributed by atoms with Crippen LogP contribution in [-0.4, -0.2) is 70.0 Å². The molecule has 0 rings (SSSR count). The van der Waals surface area contributed by atoms with Crippen molar-refractivity contribution in [1.82, 2.24) is 0 Å². The monoisotopic (exact) mass is 844 g/mol. The molecule has 9 nitrogen and oxygen atoms in total. The maximum Gasteiger partial charge on any atom is 0.306 e. The second-order valence-corrected chi connectivity index (χ2v) is 19.2. The highest BCUT2D eigenvalue weighted by Gasteiger charge is 2.21. The van der Waals surface area contributed by atoms with Gasteiger partial charge in [0.15, 0.2) is 6.10 Å². The van der Waals surface area contributed by atoms with Crippen LogP contribution < -0.4 is 4.89 Å². The Balaban J connectivity index is 4.26. The van der Waals surface area contributed by atoms with Crippen molar-refractivity contribution in [3.63, 3.8) is 0 Å². The molecule has 0 aromatic carbocycles. The number of carbonyl (C=O) groups is 2. The van der Waals surface area contributed by atoms with Crippen LogP contribution in [0.15, 0.2) is 12.2 Å². The number of ether oxygens (including phenoxy) is 2. The van der Waals surface area contributed by atoms with Crippen molar-refractivity contribution >= 4 is 19.8 Å². The Hall–Kier alpha value is -1.25. The van der Waals surface area contributed by atoms with E-state index in [1.54, 1.807) is 0 Å². The van der Waals surface area contributed by atoms with Gasteiger partial charge in [0.05, 0.1) is 27.7 Å². The van der Waals surface area contributed by atoms with Crippen LogP contribution in [0.25, 0.3) is 0 Å². The number of likely N-dealkylation sites (N-methyl/N-ethyl adjacent to an activating group) is 1. The van der Waals surface area contributed by atoms with Gasteiger partial charge in [-0.15, -0.1) is 0 Å². The highest BCUT2D eigenvalue weighted by molar-refractivity contribution is 7.45. The highest BCUT2D eigenvalue weighted by atomic mass is 31.2. The summed E-state index contributed by atoms with van der Waals surface area (Å²) in [6, 6.07) is 0. The van der Waals surface area contributed by atoms with Gasteiger partial charge < -0.3 is 27.9 Å². The number of rotatable bonds is 45. The molecule has 344 valence electrons. The van der Waals surface area contributed by atoms with Gasteiger partial charge in [-0.3, -0.25) is 14.2 Å². The molecule has 0 aliphatic heterocycles. The molecule has 0 spiro atoms. The Morgan fingerprint density at radius 1 is 0.517 bits per heavy atom. The second-order valence-electron chi connectivity index (χ2n) is 17.8. The van der Waals surface area contributed by atoms with Crippen LogP contribution in [0.3, 0.4) is 0 Å². The van der Waals surface area contributed by atoms with Gasteiger partial charge in [-0.2, -0.15) is 0 Å². The summed E-state index contributed by atoms with van der Waals surface area (Å²) >= 11 is 0. The molecule has 58 heavy (non-hydrogen) atoms. The summed E-state index contributed by atoms with van der Waals surface area (Å²) in [6.07, 6.45) is 43.8. The predicted molar refractivity (Wildman–Crippen MR) is 241 cm³/mol. The zero-order valence-corrected chi connectivity index (χ0v) is 39.7. The number of nitrogens with zero attached hydrogens (tertiary/aromatic N) is 1. The molecule has 0 aromatic heterocycles. The van der Waals surface area contributed by atoms with Crippen molar-refractivity contribution in [3.8, 4) is 0 Å². The number of quaternary nitrogens is 1. The minimum absolute atomic E-state index is 0.0310. The van der Waals surface area contributed by atoms with Crippen molar-refractivity contribution in [2.45, 2.75) is 238 Å². The van der Waals surface area contributed by atoms with E-state index in [2.05, 4.69) is 26.0 Å². The SMILES string of the molecule is CCCCCCCCCCC/C=C\CCCCC(=O)O[C@H](COC(=O)CCCCCCCCCCCCCCCCCCCCC)COP(=O)([O-])OCC[N+](C)(C)C. The fourth-order valence-electron chi connectivity index (χ4n) is 6.95. The number of allylic oxidation sites excluding steroid dienone is 2. The van der Waals surface area contributed by atoms with Crippen molar-refractivity contribution in [1.29, 1.82) is 0 Å². The fourth-order valence-corrected chi connectivity index (χ4v) is 7.67. The van der Waals surface area contributed by atoms with Gasteiger partial charge in [-0.1, -0.05) is 193 Å². The number of hydrogen-bond acceptors (Lipinski definition) is 8. The normalized spacial score (nSPS) is 13.6. The number of hydrogen-bond donors (Lipinski definition) is 0. The summed E-state index contributed by atoms with van der Waals surface area (Å²) in [6.45, 7) is 4.24. The largest absolute Gasteiger partial charge is 0.756 e. The van der Waals surface area contributed by atoms with Crippen LogP contribution in [0, 0.1) is 0 Å². The molecule has 0 amide bonds. The first-order valence-corrected chi connectivity index (χ1v) is 25.9. The van der Waals surface area contributed by atoms with Gasteiger partial charge >= 0.3 is 11.9 Å². The molecule has 0 aliphatic rings. The lowest BCUT2D eigenvalue weighted by Gasteiger charge is -2.28. The van der Waals surface area contributed by atoms with Crippen LogP contribution in [-0.2, 0) is 32.7 Å². The van der Waals surface area contributed by atoms with E-state index in [4.69, 9.17) is 18.5 Å². The molecular weight excluding hydrogens is 750 g/mol. The molecule has 0 radical (unpaired) electrons. The molecule has 0 saturated heterocycles. The van der Waals surface area contributed by atoms with Crippen LogP contribution in [0.4, 0.5) is 0 Å². The lowest BCUT2D eigenvalue weighted by atomic mass is 10.0. The summed E-state index contributed by atoms with van der Waals surface area (Å²) in [5, 5.41) is 0. The zero-order chi connectivity index (χ0) is 42.8. The topological polar surface area (TPSA) is 111 Å². The third kappa shape index (κ3) is 44.3. The van der Waals surface area contributed by atoms with E-state index in [1.165, 1.54) is 161 Å². The molecule has 0 aromatic rings. The average molecular weight is 844 g/mol. The van der Waals surface area contributed by atoms with Crippen molar-refractivity contribution in [2.24, 2.45) is 0 Å². The number of phosphoric ester groups is 1. The number of esters is 2. The maximum atomic E-state index is 12.7. The van der Waals surface area contributed by atoms with Crippen LogP contribution in [0.2, 0.25) is 0 Å². The summed E-state index contributed by atoms with van der Waals surface area (Å²) in [5.41, 5.74) is 0. The minimum Gasteiger partial charge on any atom is -0.756 e. The molecule has 0 N–H and O–H groups in total. The van der Waals surface area contributed by atoms with E-state index >= 15 is 0 Å². The lowest BCUT2D eigenvalue weighted by molar-refractivity contribution is -0.870. The van der Waals surface area contributed by atoms with Gasteiger partial charge in [-0.25, -0.2) is 0 Å². The summed E-state index contributed by atoms with van der Waals surface area (Å²) in [5.74, 6) is -0.847. The Kier molecular flexibility index (Phi) is 40.2. The maximum absolute atomic E-state index is 12.7. The van der Waals surface area contributed by atoms with E-state index in [0.29, 0.717) is 17.4 Å². The number of carbonyl (C=O) groups excluding carboxylic acids is 2. The molecule has 2 atom stereocenters. The number of unbranched alkanes of at least 4 members (excludes halogenated alkanes) is 29. The average Bonchev–Trinajstić information content (AvgIpc) is 3.17. The molecular formula is C48H94NO8P. The molecule has 10 heteroatoms. The third-order valence-electron chi connectivity index (χ3n) is 10.8. The van der Waals surface area contributed by atoms with E-state index in [-0.39, 0.29) is 32.0 Å². The molecule has 0 aliphatic carbocycles. The van der Waals surface area contributed by atoms with Gasteiger partial charge in [0.25, 0.3) is 7.82 Å². The van der Waals surface area contributed by atoms with Crippen LogP contribution in [0.1, 0.15) is 232 Å².